The van der Waals surface area contributed by atoms with E-state index in [0.717, 1.165) is 21.5 Å². The number of carbonyl (C=O) groups excluding carboxylic acids is 1. The maximum atomic E-state index is 12.0. The number of anilines is 1. The molecule has 0 aliphatic heterocycles. The van der Waals surface area contributed by atoms with Crippen LogP contribution >= 0.6 is 15.9 Å². The summed E-state index contributed by atoms with van der Waals surface area (Å²) in [5.41, 5.74) is 1.87. The fourth-order valence-electron chi connectivity index (χ4n) is 1.93. The molecule has 1 N–H and O–H groups in total. The molecule has 4 nitrogen and oxygen atoms in total. The summed E-state index contributed by atoms with van der Waals surface area (Å²) >= 11 is 3.40. The second-order valence-electron chi connectivity index (χ2n) is 4.76. The summed E-state index contributed by atoms with van der Waals surface area (Å²) in [6, 6.07) is 9.52. The maximum Gasteiger partial charge on any atom is 0.238 e. The van der Waals surface area contributed by atoms with Crippen LogP contribution in [0.25, 0.3) is 0 Å². The zero-order chi connectivity index (χ0) is 14.5. The average molecular weight is 337 g/mol. The van der Waals surface area contributed by atoms with Crippen LogP contribution in [0, 0.1) is 6.92 Å². The molecule has 1 aromatic carbocycles. The first-order valence-electron chi connectivity index (χ1n) is 6.31. The Kier molecular flexibility index (Phi) is 4.98. The van der Waals surface area contributed by atoms with Crippen LogP contribution in [0.1, 0.15) is 11.3 Å². The van der Waals surface area contributed by atoms with E-state index in [4.69, 9.17) is 4.42 Å². The van der Waals surface area contributed by atoms with Gasteiger partial charge in [-0.2, -0.15) is 0 Å². The van der Waals surface area contributed by atoms with E-state index in [1.54, 1.807) is 6.26 Å². The summed E-state index contributed by atoms with van der Waals surface area (Å²) in [5, 5.41) is 2.92. The molecule has 0 saturated heterocycles. The van der Waals surface area contributed by atoms with Gasteiger partial charge >= 0.3 is 0 Å². The highest BCUT2D eigenvalue weighted by Crippen LogP contribution is 2.19. The van der Waals surface area contributed by atoms with E-state index in [9.17, 15) is 4.79 Å². The molecule has 0 aliphatic carbocycles. The van der Waals surface area contributed by atoms with Crippen LogP contribution in [0.4, 0.5) is 5.69 Å². The van der Waals surface area contributed by atoms with Gasteiger partial charge in [-0.05, 0) is 49.9 Å². The van der Waals surface area contributed by atoms with Gasteiger partial charge < -0.3 is 9.73 Å². The largest absolute Gasteiger partial charge is 0.468 e. The van der Waals surface area contributed by atoms with Gasteiger partial charge in [0.15, 0.2) is 0 Å². The van der Waals surface area contributed by atoms with Gasteiger partial charge in [0.2, 0.25) is 5.91 Å². The van der Waals surface area contributed by atoms with Gasteiger partial charge in [-0.15, -0.1) is 0 Å². The highest BCUT2D eigenvalue weighted by atomic mass is 79.9. The summed E-state index contributed by atoms with van der Waals surface area (Å²) in [5.74, 6) is 0.810. The predicted octanol–water partition coefficient (Wildman–Crippen LogP) is 3.42. The molecular formula is C15H17BrN2O2. The zero-order valence-corrected chi connectivity index (χ0v) is 13.1. The van der Waals surface area contributed by atoms with Gasteiger partial charge in [0.1, 0.15) is 5.76 Å². The highest BCUT2D eigenvalue weighted by molar-refractivity contribution is 9.10. The Hall–Kier alpha value is -1.59. The Labute approximate surface area is 126 Å². The average Bonchev–Trinajstić information content (AvgIpc) is 2.85. The molecule has 1 aromatic heterocycles. The second kappa shape index (κ2) is 6.72. The summed E-state index contributed by atoms with van der Waals surface area (Å²) in [6.07, 6.45) is 1.63. The number of benzene rings is 1. The number of likely N-dealkylation sites (N-methyl/N-ethyl adjacent to an activating group) is 1. The zero-order valence-electron chi connectivity index (χ0n) is 11.5. The van der Waals surface area contributed by atoms with Crippen LogP contribution in [0.5, 0.6) is 0 Å². The lowest BCUT2D eigenvalue weighted by atomic mass is 10.2. The Bertz CT molecular complexity index is 582. The first-order valence-corrected chi connectivity index (χ1v) is 7.11. The minimum Gasteiger partial charge on any atom is -0.468 e. The van der Waals surface area contributed by atoms with E-state index in [1.807, 2.05) is 49.2 Å². The number of carbonyl (C=O) groups is 1. The van der Waals surface area contributed by atoms with Gasteiger partial charge in [-0.3, -0.25) is 9.69 Å². The molecule has 0 aliphatic rings. The van der Waals surface area contributed by atoms with Crippen molar-refractivity contribution in [1.82, 2.24) is 4.90 Å². The Morgan fingerprint density at radius 2 is 2.20 bits per heavy atom. The van der Waals surface area contributed by atoms with E-state index < -0.39 is 0 Å². The third-order valence-electron chi connectivity index (χ3n) is 2.88. The van der Waals surface area contributed by atoms with Crippen LogP contribution < -0.4 is 5.32 Å². The molecule has 1 heterocycles. The maximum absolute atomic E-state index is 12.0. The fraction of sp³-hybridized carbons (Fsp3) is 0.267. The van der Waals surface area contributed by atoms with Crippen LogP contribution in [0.15, 0.2) is 45.5 Å². The monoisotopic (exact) mass is 336 g/mol. The number of aryl methyl sites for hydroxylation is 1. The van der Waals surface area contributed by atoms with Crippen molar-refractivity contribution in [3.63, 3.8) is 0 Å². The number of amides is 1. The van der Waals surface area contributed by atoms with Crippen LogP contribution in [-0.2, 0) is 11.3 Å². The lowest BCUT2D eigenvalue weighted by Gasteiger charge is -2.15. The van der Waals surface area contributed by atoms with Crippen molar-refractivity contribution in [2.75, 3.05) is 18.9 Å². The number of hydrogen-bond acceptors (Lipinski definition) is 3. The molecule has 2 rings (SSSR count). The molecule has 2 aromatic rings. The van der Waals surface area contributed by atoms with Gasteiger partial charge in [0.25, 0.3) is 0 Å². The number of halogens is 1. The summed E-state index contributed by atoms with van der Waals surface area (Å²) in [6.45, 7) is 2.89. The Morgan fingerprint density at radius 3 is 2.85 bits per heavy atom. The Morgan fingerprint density at radius 1 is 1.40 bits per heavy atom. The van der Waals surface area contributed by atoms with Crippen molar-refractivity contribution in [2.45, 2.75) is 13.5 Å². The van der Waals surface area contributed by atoms with E-state index in [-0.39, 0.29) is 5.91 Å². The quantitative estimate of drug-likeness (QED) is 0.909. The number of nitrogens with zero attached hydrogens (tertiary/aromatic N) is 1. The SMILES string of the molecule is Cc1cc(Br)ccc1NC(=O)CN(C)Cc1ccco1. The van der Waals surface area contributed by atoms with Crippen LogP contribution in [0.2, 0.25) is 0 Å². The summed E-state index contributed by atoms with van der Waals surface area (Å²) < 4.78 is 6.26. The Balaban J connectivity index is 1.88. The molecule has 0 radical (unpaired) electrons. The molecule has 0 spiro atoms. The van der Waals surface area contributed by atoms with E-state index >= 15 is 0 Å². The second-order valence-corrected chi connectivity index (χ2v) is 5.67. The van der Waals surface area contributed by atoms with Gasteiger partial charge in [0.05, 0.1) is 19.4 Å². The van der Waals surface area contributed by atoms with Crippen molar-refractivity contribution in [3.05, 3.63) is 52.4 Å². The lowest BCUT2D eigenvalue weighted by molar-refractivity contribution is -0.117. The normalized spacial score (nSPS) is 10.8. The van der Waals surface area contributed by atoms with Crippen molar-refractivity contribution in [3.8, 4) is 0 Å². The molecule has 0 saturated carbocycles. The number of hydrogen-bond donors (Lipinski definition) is 1. The molecule has 0 bridgehead atoms. The van der Waals surface area contributed by atoms with E-state index in [1.165, 1.54) is 0 Å². The fourth-order valence-corrected chi connectivity index (χ4v) is 2.40. The van der Waals surface area contributed by atoms with Crippen molar-refractivity contribution < 1.29 is 9.21 Å². The van der Waals surface area contributed by atoms with Crippen molar-refractivity contribution >= 4 is 27.5 Å². The molecule has 5 heteroatoms. The van der Waals surface area contributed by atoms with Crippen molar-refractivity contribution in [2.24, 2.45) is 0 Å². The summed E-state index contributed by atoms with van der Waals surface area (Å²) in [4.78, 5) is 13.9. The van der Waals surface area contributed by atoms with Gasteiger partial charge in [-0.25, -0.2) is 0 Å². The van der Waals surface area contributed by atoms with Crippen LogP contribution in [0.3, 0.4) is 0 Å². The molecule has 1 amide bonds. The third kappa shape index (κ3) is 4.21. The first kappa shape index (κ1) is 14.8. The first-order chi connectivity index (χ1) is 9.54. The molecule has 0 fully saturated rings. The molecule has 0 atom stereocenters. The van der Waals surface area contributed by atoms with Crippen LogP contribution in [-0.4, -0.2) is 24.4 Å². The molecule has 20 heavy (non-hydrogen) atoms. The minimum absolute atomic E-state index is 0.0375. The van der Waals surface area contributed by atoms with E-state index in [2.05, 4.69) is 21.2 Å². The smallest absolute Gasteiger partial charge is 0.238 e. The van der Waals surface area contributed by atoms with Gasteiger partial charge in [-0.1, -0.05) is 15.9 Å². The number of furan rings is 1. The predicted molar refractivity (Wildman–Crippen MR) is 82.6 cm³/mol. The third-order valence-corrected chi connectivity index (χ3v) is 3.38. The lowest BCUT2D eigenvalue weighted by Crippen LogP contribution is -2.29. The van der Waals surface area contributed by atoms with Crippen molar-refractivity contribution in [1.29, 1.82) is 0 Å². The standard InChI is InChI=1S/C15H17BrN2O2/c1-11-8-12(16)5-6-14(11)17-15(19)10-18(2)9-13-4-3-7-20-13/h3-8H,9-10H2,1-2H3,(H,17,19). The number of rotatable bonds is 5. The number of nitrogens with one attached hydrogen (secondary N) is 1. The van der Waals surface area contributed by atoms with Gasteiger partial charge in [0, 0.05) is 10.2 Å². The topological polar surface area (TPSA) is 45.5 Å². The summed E-state index contributed by atoms with van der Waals surface area (Å²) in [7, 11) is 1.89. The molecule has 0 unspecified atom stereocenters. The minimum atomic E-state index is -0.0375. The van der Waals surface area contributed by atoms with E-state index in [0.29, 0.717) is 13.1 Å². The molecular weight excluding hydrogens is 320 g/mol. The molecule has 106 valence electrons. The highest BCUT2D eigenvalue weighted by Gasteiger charge is 2.10.